The minimum absolute atomic E-state index is 0.0995. The molecular weight excluding hydrogens is 285 g/mol. The van der Waals surface area contributed by atoms with E-state index >= 15 is 0 Å². The van der Waals surface area contributed by atoms with Crippen molar-refractivity contribution in [1.29, 1.82) is 0 Å². The zero-order chi connectivity index (χ0) is 15.9. The number of hydrogen-bond acceptors (Lipinski definition) is 1. The van der Waals surface area contributed by atoms with Crippen molar-refractivity contribution in [2.45, 2.75) is 20.4 Å². The van der Waals surface area contributed by atoms with Crippen LogP contribution in [0.4, 0.5) is 0 Å². The van der Waals surface area contributed by atoms with Crippen LogP contribution in [0.2, 0.25) is 0 Å². The first-order valence-corrected chi connectivity index (χ1v) is 9.86. The summed E-state index contributed by atoms with van der Waals surface area (Å²) in [6, 6.07) is 17.2. The lowest BCUT2D eigenvalue weighted by Gasteiger charge is -2.06. The molecule has 0 spiro atoms. The third-order valence-corrected chi connectivity index (χ3v) is 4.20. The molecule has 0 fully saturated rings. The Morgan fingerprint density at radius 1 is 0.909 bits per heavy atom. The second kappa shape index (κ2) is 8.06. The van der Waals surface area contributed by atoms with E-state index in [4.69, 9.17) is 0 Å². The molecule has 0 aromatic heterocycles. The molecule has 0 aliphatic carbocycles. The Morgan fingerprint density at radius 3 is 2.00 bits per heavy atom. The Kier molecular flexibility index (Phi) is 6.10. The number of aliphatic imine (C=N–C) groups is 1. The van der Waals surface area contributed by atoms with E-state index in [1.165, 1.54) is 27.8 Å². The molecule has 0 saturated carbocycles. The fraction of sp³-hybridized carbons (Fsp3) is 0.250. The highest BCUT2D eigenvalue weighted by molar-refractivity contribution is 7.59. The lowest BCUT2D eigenvalue weighted by molar-refractivity contribution is 1.08. The number of benzene rings is 2. The van der Waals surface area contributed by atoms with Gasteiger partial charge >= 0.3 is 0 Å². The third kappa shape index (κ3) is 5.24. The molecule has 2 aromatic carbocycles. The van der Waals surface area contributed by atoms with Gasteiger partial charge in [-0.05, 0) is 43.9 Å². The van der Waals surface area contributed by atoms with Gasteiger partial charge in [-0.15, -0.1) is 0 Å². The lowest BCUT2D eigenvalue weighted by Crippen LogP contribution is -1.89. The summed E-state index contributed by atoms with van der Waals surface area (Å²) in [7, 11) is -0.0995. The maximum atomic E-state index is 4.64. The topological polar surface area (TPSA) is 12.4 Å². The Labute approximate surface area is 135 Å². The minimum Gasteiger partial charge on any atom is -0.288 e. The Morgan fingerprint density at radius 2 is 1.45 bits per heavy atom. The molecule has 0 atom stereocenters. The van der Waals surface area contributed by atoms with Crippen molar-refractivity contribution < 1.29 is 0 Å². The van der Waals surface area contributed by atoms with Crippen molar-refractivity contribution in [3.05, 3.63) is 76.6 Å². The maximum Gasteiger partial charge on any atom is 0.0639 e. The van der Waals surface area contributed by atoms with Crippen LogP contribution in [0.25, 0.3) is 5.57 Å². The summed E-state index contributed by atoms with van der Waals surface area (Å²) in [4.78, 5) is 4.64. The fourth-order valence-electron chi connectivity index (χ4n) is 2.15. The van der Waals surface area contributed by atoms with Crippen molar-refractivity contribution in [3.8, 4) is 0 Å². The fourth-order valence-corrected chi connectivity index (χ4v) is 2.92. The first-order chi connectivity index (χ1) is 10.5. The predicted molar refractivity (Wildman–Crippen MR) is 101 cm³/mol. The zero-order valence-corrected chi connectivity index (χ0v) is 14.8. The van der Waals surface area contributed by atoms with E-state index in [9.17, 15) is 0 Å². The second-order valence-electron chi connectivity index (χ2n) is 5.87. The Hall–Kier alpha value is -1.72. The van der Waals surface area contributed by atoms with Gasteiger partial charge in [0.2, 0.25) is 0 Å². The standard InChI is InChI=1S/C20H24NP/c1-16-5-9-18(10-6-16)13-21-14-20(15-22(3)4)19-11-7-17(2)8-12-19/h5-12,14-15H,13H2,1-4H3/b20-15+,21-14?. The smallest absolute Gasteiger partial charge is 0.0639 e. The first kappa shape index (κ1) is 16.6. The van der Waals surface area contributed by atoms with Gasteiger partial charge in [0.05, 0.1) is 6.54 Å². The summed E-state index contributed by atoms with van der Waals surface area (Å²) in [5, 5.41) is 0. The van der Waals surface area contributed by atoms with Crippen LogP contribution in [-0.2, 0) is 6.54 Å². The van der Waals surface area contributed by atoms with Gasteiger partial charge in [-0.2, -0.15) is 0 Å². The summed E-state index contributed by atoms with van der Waals surface area (Å²) in [6.07, 6.45) is 2.02. The normalized spacial score (nSPS) is 12.3. The Balaban J connectivity index is 2.14. The summed E-state index contributed by atoms with van der Waals surface area (Å²) in [5.74, 6) is 2.33. The molecule has 0 N–H and O–H groups in total. The van der Waals surface area contributed by atoms with E-state index < -0.39 is 0 Å². The van der Waals surface area contributed by atoms with E-state index in [1.54, 1.807) is 0 Å². The van der Waals surface area contributed by atoms with Crippen LogP contribution in [0, 0.1) is 13.8 Å². The lowest BCUT2D eigenvalue weighted by atomic mass is 10.1. The highest BCUT2D eigenvalue weighted by Crippen LogP contribution is 2.31. The zero-order valence-electron chi connectivity index (χ0n) is 13.9. The van der Waals surface area contributed by atoms with Crippen LogP contribution < -0.4 is 0 Å². The van der Waals surface area contributed by atoms with Crippen LogP contribution in [0.15, 0.2) is 59.3 Å². The number of allylic oxidation sites excluding steroid dienone is 1. The molecule has 22 heavy (non-hydrogen) atoms. The molecule has 2 aromatic rings. The summed E-state index contributed by atoms with van der Waals surface area (Å²) < 4.78 is 0. The van der Waals surface area contributed by atoms with Crippen molar-refractivity contribution >= 4 is 19.7 Å². The van der Waals surface area contributed by atoms with E-state index in [-0.39, 0.29) is 7.92 Å². The molecule has 114 valence electrons. The van der Waals surface area contributed by atoms with Gasteiger partial charge in [-0.3, -0.25) is 4.99 Å². The van der Waals surface area contributed by atoms with Gasteiger partial charge in [0.25, 0.3) is 0 Å². The van der Waals surface area contributed by atoms with E-state index in [0.717, 1.165) is 6.54 Å². The van der Waals surface area contributed by atoms with Gasteiger partial charge in [-0.25, -0.2) is 0 Å². The summed E-state index contributed by atoms with van der Waals surface area (Å²) in [5.41, 5.74) is 6.29. The molecule has 1 nitrogen and oxygen atoms in total. The van der Waals surface area contributed by atoms with Gasteiger partial charge in [-0.1, -0.05) is 73.4 Å². The number of nitrogens with zero attached hydrogens (tertiary/aromatic N) is 1. The average Bonchev–Trinajstić information content (AvgIpc) is 2.49. The van der Waals surface area contributed by atoms with Crippen molar-refractivity contribution in [1.82, 2.24) is 0 Å². The molecule has 0 unspecified atom stereocenters. The van der Waals surface area contributed by atoms with Crippen molar-refractivity contribution in [3.63, 3.8) is 0 Å². The molecule has 0 amide bonds. The van der Waals surface area contributed by atoms with Gasteiger partial charge in [0.15, 0.2) is 0 Å². The molecule has 2 heteroatoms. The SMILES string of the molecule is Cc1ccc(CN=C/C(=C\P(C)C)c2ccc(C)cc2)cc1. The third-order valence-electron chi connectivity index (χ3n) is 3.41. The average molecular weight is 309 g/mol. The largest absolute Gasteiger partial charge is 0.288 e. The molecule has 0 radical (unpaired) electrons. The molecule has 0 bridgehead atoms. The predicted octanol–water partition coefficient (Wildman–Crippen LogP) is 5.66. The molecule has 2 rings (SSSR count). The monoisotopic (exact) mass is 309 g/mol. The van der Waals surface area contributed by atoms with Crippen LogP contribution in [0.3, 0.4) is 0 Å². The van der Waals surface area contributed by atoms with E-state index in [0.29, 0.717) is 0 Å². The van der Waals surface area contributed by atoms with Gasteiger partial charge in [0.1, 0.15) is 0 Å². The first-order valence-electron chi connectivity index (χ1n) is 7.55. The van der Waals surface area contributed by atoms with Gasteiger partial charge in [0, 0.05) is 6.21 Å². The van der Waals surface area contributed by atoms with E-state index in [1.807, 2.05) is 6.21 Å². The highest BCUT2D eigenvalue weighted by Gasteiger charge is 2.00. The molecule has 0 aliphatic rings. The van der Waals surface area contributed by atoms with Crippen LogP contribution in [-0.4, -0.2) is 19.5 Å². The summed E-state index contributed by atoms with van der Waals surface area (Å²) >= 11 is 0. The van der Waals surface area contributed by atoms with E-state index in [2.05, 4.69) is 86.5 Å². The maximum absolute atomic E-state index is 4.64. The second-order valence-corrected chi connectivity index (χ2v) is 8.05. The minimum atomic E-state index is -0.0995. The Bertz CT molecular complexity index is 649. The van der Waals surface area contributed by atoms with Crippen LogP contribution in [0.1, 0.15) is 22.3 Å². The van der Waals surface area contributed by atoms with Gasteiger partial charge < -0.3 is 0 Å². The van der Waals surface area contributed by atoms with Crippen LogP contribution >= 0.6 is 7.92 Å². The summed E-state index contributed by atoms with van der Waals surface area (Å²) in [6.45, 7) is 9.48. The quantitative estimate of drug-likeness (QED) is 0.499. The van der Waals surface area contributed by atoms with Crippen LogP contribution in [0.5, 0.6) is 0 Å². The number of hydrogen-bond donors (Lipinski definition) is 0. The van der Waals surface area contributed by atoms with Crippen molar-refractivity contribution in [2.24, 2.45) is 4.99 Å². The molecule has 0 saturated heterocycles. The highest BCUT2D eigenvalue weighted by atomic mass is 31.1. The molecule has 0 heterocycles. The number of aryl methyl sites for hydroxylation is 2. The van der Waals surface area contributed by atoms with Crippen molar-refractivity contribution in [2.75, 3.05) is 13.3 Å². The number of rotatable bonds is 5. The molecular formula is C20H24NP. The molecule has 0 aliphatic heterocycles.